The van der Waals surface area contributed by atoms with Crippen LogP contribution >= 0.6 is 11.8 Å². The van der Waals surface area contributed by atoms with Crippen LogP contribution in [0.4, 0.5) is 19.0 Å². The number of H-pyrrole nitrogens is 1. The van der Waals surface area contributed by atoms with Gasteiger partial charge in [0.05, 0.1) is 27.5 Å². The van der Waals surface area contributed by atoms with Crippen LogP contribution in [0.25, 0.3) is 0 Å². The molecule has 0 bridgehead atoms. The van der Waals surface area contributed by atoms with Crippen LogP contribution in [0.3, 0.4) is 0 Å². The third kappa shape index (κ3) is 3.30. The molecule has 5 nitrogen and oxygen atoms in total. The molecule has 2 atom stereocenters. The molecule has 0 saturated carbocycles. The van der Waals surface area contributed by atoms with Crippen molar-refractivity contribution in [2.24, 2.45) is 4.99 Å². The number of fused-ring (bicyclic) bond motifs is 1. The number of benzene rings is 1. The summed E-state index contributed by atoms with van der Waals surface area (Å²) in [6.45, 7) is 6.31. The number of nitrogens with zero attached hydrogens (tertiary/aromatic N) is 2. The first-order valence-corrected chi connectivity index (χ1v) is 9.89. The van der Waals surface area contributed by atoms with Gasteiger partial charge in [-0.3, -0.25) is 14.6 Å². The van der Waals surface area contributed by atoms with E-state index in [1.54, 1.807) is 11.6 Å². The molecule has 4 rings (SSSR count). The standard InChI is InChI=1S/C19H20F3N3O2S/c1-9-23-17-14(16(28-9)10-6-12(20)15(22)13(21)7-10)18(26)24-25(17)11-4-5-27-19(2,3)8-11/h6-7,11,16H,4-5,8H2,1-3H3,(H,24,26)/t11-,16-/m0/s1. The highest BCUT2D eigenvalue weighted by Gasteiger charge is 2.36. The van der Waals surface area contributed by atoms with Crippen LogP contribution in [0.1, 0.15) is 56.0 Å². The normalized spacial score (nSPS) is 24.0. The molecule has 2 aromatic rings. The molecular formula is C19H20F3N3O2S. The zero-order chi connectivity index (χ0) is 20.2. The molecule has 1 fully saturated rings. The summed E-state index contributed by atoms with van der Waals surface area (Å²) in [5.74, 6) is -3.62. The summed E-state index contributed by atoms with van der Waals surface area (Å²) in [5, 5.41) is 2.83. The number of ether oxygens (including phenoxy) is 1. The Bertz CT molecular complexity index is 1000. The highest BCUT2D eigenvalue weighted by molar-refractivity contribution is 8.14. The fraction of sp³-hybridized carbons (Fsp3) is 0.474. The SMILES string of the molecule is CC1=Nc2c(c(=O)[nH]n2[C@H]2CCOC(C)(C)C2)[C@H](c2cc(F)c(F)c(F)c2)S1. The summed E-state index contributed by atoms with van der Waals surface area (Å²) in [6, 6.07) is 1.86. The number of aliphatic imine (C=N–C) groups is 1. The van der Waals surface area contributed by atoms with Crippen LogP contribution in [-0.2, 0) is 4.74 Å². The minimum absolute atomic E-state index is 0.0119. The Morgan fingerprint density at radius 3 is 2.61 bits per heavy atom. The van der Waals surface area contributed by atoms with E-state index in [0.717, 1.165) is 12.1 Å². The van der Waals surface area contributed by atoms with Crippen molar-refractivity contribution >= 4 is 22.6 Å². The van der Waals surface area contributed by atoms with Crippen molar-refractivity contribution < 1.29 is 17.9 Å². The van der Waals surface area contributed by atoms with Crippen molar-refractivity contribution in [2.75, 3.05) is 6.61 Å². The number of halogens is 3. The number of aromatic amines is 1. The molecule has 1 aromatic heterocycles. The summed E-state index contributed by atoms with van der Waals surface area (Å²) in [4.78, 5) is 17.3. The molecule has 0 spiro atoms. The number of aromatic nitrogens is 2. The quantitative estimate of drug-likeness (QED) is 0.735. The van der Waals surface area contributed by atoms with E-state index in [0.29, 0.717) is 35.9 Å². The summed E-state index contributed by atoms with van der Waals surface area (Å²) in [5.41, 5.74) is -0.183. The molecule has 0 aliphatic carbocycles. The largest absolute Gasteiger partial charge is 0.375 e. The number of hydrogen-bond acceptors (Lipinski definition) is 4. The molecule has 150 valence electrons. The Balaban J connectivity index is 1.82. The Kier molecular flexibility index (Phi) is 4.70. The average Bonchev–Trinajstić information content (AvgIpc) is 2.94. The maximum absolute atomic E-state index is 13.8. The number of rotatable bonds is 2. The minimum Gasteiger partial charge on any atom is -0.375 e. The van der Waals surface area contributed by atoms with Crippen molar-refractivity contribution in [2.45, 2.75) is 50.5 Å². The van der Waals surface area contributed by atoms with Gasteiger partial charge in [-0.05, 0) is 51.3 Å². The van der Waals surface area contributed by atoms with E-state index < -0.39 is 22.7 Å². The number of hydrogen-bond donors (Lipinski definition) is 1. The molecule has 28 heavy (non-hydrogen) atoms. The molecule has 1 aromatic carbocycles. The van der Waals surface area contributed by atoms with Gasteiger partial charge >= 0.3 is 0 Å². The van der Waals surface area contributed by atoms with E-state index in [4.69, 9.17) is 4.74 Å². The Morgan fingerprint density at radius 1 is 1.29 bits per heavy atom. The Labute approximate surface area is 164 Å². The van der Waals surface area contributed by atoms with E-state index in [2.05, 4.69) is 10.1 Å². The van der Waals surface area contributed by atoms with E-state index in [9.17, 15) is 18.0 Å². The Hall–Kier alpha value is -2.00. The van der Waals surface area contributed by atoms with Crippen molar-refractivity contribution in [3.8, 4) is 0 Å². The lowest BCUT2D eigenvalue weighted by molar-refractivity contribution is -0.0705. The van der Waals surface area contributed by atoms with Crippen molar-refractivity contribution in [1.29, 1.82) is 0 Å². The second-order valence-electron chi connectivity index (χ2n) is 7.73. The summed E-state index contributed by atoms with van der Waals surface area (Å²) in [7, 11) is 0. The third-order valence-corrected chi connectivity index (χ3v) is 6.27. The van der Waals surface area contributed by atoms with Crippen LogP contribution in [0, 0.1) is 17.5 Å². The predicted octanol–water partition coefficient (Wildman–Crippen LogP) is 4.61. The summed E-state index contributed by atoms with van der Waals surface area (Å²) in [6.07, 6.45) is 1.41. The molecule has 0 radical (unpaired) electrons. The average molecular weight is 411 g/mol. The molecule has 9 heteroatoms. The first kappa shape index (κ1) is 19.3. The lowest BCUT2D eigenvalue weighted by Crippen LogP contribution is -2.35. The van der Waals surface area contributed by atoms with Gasteiger partial charge in [-0.2, -0.15) is 0 Å². The van der Waals surface area contributed by atoms with Gasteiger partial charge in [-0.25, -0.2) is 18.2 Å². The third-order valence-electron chi connectivity index (χ3n) is 5.09. The van der Waals surface area contributed by atoms with Crippen LogP contribution in [0.2, 0.25) is 0 Å². The van der Waals surface area contributed by atoms with Gasteiger partial charge in [0, 0.05) is 6.61 Å². The first-order chi connectivity index (χ1) is 13.2. The van der Waals surface area contributed by atoms with Crippen LogP contribution in [0.5, 0.6) is 0 Å². The Morgan fingerprint density at radius 2 is 1.96 bits per heavy atom. The monoisotopic (exact) mass is 411 g/mol. The maximum Gasteiger partial charge on any atom is 0.271 e. The predicted molar refractivity (Wildman–Crippen MR) is 102 cm³/mol. The van der Waals surface area contributed by atoms with Crippen LogP contribution in [-0.4, -0.2) is 27.0 Å². The van der Waals surface area contributed by atoms with Gasteiger partial charge in [-0.15, -0.1) is 0 Å². The number of nitrogens with one attached hydrogen (secondary N) is 1. The smallest absolute Gasteiger partial charge is 0.271 e. The number of thioether (sulfide) groups is 1. The van der Waals surface area contributed by atoms with Crippen LogP contribution in [0.15, 0.2) is 21.9 Å². The molecule has 3 heterocycles. The lowest BCUT2D eigenvalue weighted by Gasteiger charge is -2.36. The highest BCUT2D eigenvalue weighted by Crippen LogP contribution is 2.45. The van der Waals surface area contributed by atoms with E-state index in [-0.39, 0.29) is 22.8 Å². The van der Waals surface area contributed by atoms with E-state index in [1.165, 1.54) is 11.8 Å². The summed E-state index contributed by atoms with van der Waals surface area (Å²) < 4.78 is 48.5. The molecule has 0 unspecified atom stereocenters. The van der Waals surface area contributed by atoms with Gasteiger partial charge in [0.2, 0.25) is 0 Å². The van der Waals surface area contributed by atoms with Crippen molar-refractivity contribution in [1.82, 2.24) is 9.78 Å². The maximum atomic E-state index is 13.8. The molecule has 0 amide bonds. The van der Waals surface area contributed by atoms with Gasteiger partial charge in [0.1, 0.15) is 0 Å². The van der Waals surface area contributed by atoms with E-state index >= 15 is 0 Å². The van der Waals surface area contributed by atoms with Gasteiger partial charge in [-0.1, -0.05) is 11.8 Å². The zero-order valence-corrected chi connectivity index (χ0v) is 16.5. The minimum atomic E-state index is -1.52. The van der Waals surface area contributed by atoms with Crippen LogP contribution < -0.4 is 5.56 Å². The highest BCUT2D eigenvalue weighted by atomic mass is 32.2. The van der Waals surface area contributed by atoms with Gasteiger partial charge in [0.15, 0.2) is 23.3 Å². The van der Waals surface area contributed by atoms with Gasteiger partial charge in [0.25, 0.3) is 5.56 Å². The van der Waals surface area contributed by atoms with E-state index in [1.807, 2.05) is 13.8 Å². The van der Waals surface area contributed by atoms with Crippen molar-refractivity contribution in [3.05, 3.63) is 51.1 Å². The molecule has 2 aliphatic heterocycles. The molecule has 1 saturated heterocycles. The second-order valence-corrected chi connectivity index (χ2v) is 9.03. The topological polar surface area (TPSA) is 59.4 Å². The zero-order valence-electron chi connectivity index (χ0n) is 15.7. The summed E-state index contributed by atoms with van der Waals surface area (Å²) >= 11 is 1.22. The fourth-order valence-electron chi connectivity index (χ4n) is 3.85. The lowest BCUT2D eigenvalue weighted by atomic mass is 9.94. The first-order valence-electron chi connectivity index (χ1n) is 9.01. The van der Waals surface area contributed by atoms with Gasteiger partial charge < -0.3 is 4.74 Å². The molecule has 1 N–H and O–H groups in total. The van der Waals surface area contributed by atoms with Crippen molar-refractivity contribution in [3.63, 3.8) is 0 Å². The molecule has 2 aliphatic rings. The second kappa shape index (κ2) is 6.81. The molecular weight excluding hydrogens is 391 g/mol. The fourth-order valence-corrected chi connectivity index (χ4v) is 4.94.